The lowest BCUT2D eigenvalue weighted by molar-refractivity contribution is 0.0691. The van der Waals surface area contributed by atoms with Crippen LogP contribution in [0.25, 0.3) is 0 Å². The maximum absolute atomic E-state index is 11.9. The highest BCUT2D eigenvalue weighted by Gasteiger charge is 2.15. The normalized spacial score (nSPS) is 11.3. The summed E-state index contributed by atoms with van der Waals surface area (Å²) in [5, 5.41) is 10.6. The molecule has 0 aliphatic rings. The van der Waals surface area contributed by atoms with E-state index in [9.17, 15) is 13.2 Å². The molecule has 0 radical (unpaired) electrons. The number of carbonyl (C=O) groups is 1. The van der Waals surface area contributed by atoms with Gasteiger partial charge in [0.2, 0.25) is 10.0 Å². The molecule has 2 aromatic rings. The van der Waals surface area contributed by atoms with Crippen LogP contribution in [0.1, 0.15) is 16.1 Å². The van der Waals surface area contributed by atoms with E-state index in [4.69, 9.17) is 16.7 Å². The molecule has 0 saturated carbocycles. The number of carboxylic acid groups (broad SMARTS) is 1. The van der Waals surface area contributed by atoms with Crippen LogP contribution in [0, 0.1) is 0 Å². The van der Waals surface area contributed by atoms with Crippen LogP contribution in [0.5, 0.6) is 0 Å². The number of hydrogen-bond donors (Lipinski definition) is 2. The number of nitrogens with zero attached hydrogens (tertiary/aromatic N) is 1. The van der Waals surface area contributed by atoms with Gasteiger partial charge in [-0.2, -0.15) is 0 Å². The molecular formula is C12H11ClN2O4S2. The first kappa shape index (κ1) is 15.7. The van der Waals surface area contributed by atoms with Crippen LogP contribution in [0.4, 0.5) is 5.13 Å². The lowest BCUT2D eigenvalue weighted by Gasteiger charge is -2.05. The van der Waals surface area contributed by atoms with Gasteiger partial charge in [-0.05, 0) is 24.1 Å². The van der Waals surface area contributed by atoms with Crippen LogP contribution in [0.2, 0.25) is 5.02 Å². The van der Waals surface area contributed by atoms with Gasteiger partial charge in [0, 0.05) is 10.4 Å². The first-order valence-corrected chi connectivity index (χ1v) is 8.70. The third kappa shape index (κ3) is 4.69. The summed E-state index contributed by atoms with van der Waals surface area (Å²) in [6, 6.07) is 6.89. The summed E-state index contributed by atoms with van der Waals surface area (Å²) in [7, 11) is -3.58. The Balaban J connectivity index is 1.98. The summed E-state index contributed by atoms with van der Waals surface area (Å²) >= 11 is 6.68. The predicted molar refractivity (Wildman–Crippen MR) is 81.6 cm³/mol. The minimum atomic E-state index is -3.58. The molecule has 0 saturated heterocycles. The molecule has 0 bridgehead atoms. The Kier molecular flexibility index (Phi) is 4.81. The summed E-state index contributed by atoms with van der Waals surface area (Å²) in [6.45, 7) is 0. The van der Waals surface area contributed by atoms with Crippen molar-refractivity contribution in [1.29, 1.82) is 0 Å². The lowest BCUT2D eigenvalue weighted by Crippen LogP contribution is -2.18. The lowest BCUT2D eigenvalue weighted by atomic mass is 10.2. The molecule has 1 heterocycles. The second-order valence-electron chi connectivity index (χ2n) is 4.14. The smallest absolute Gasteiger partial charge is 0.355 e. The number of aryl methyl sites for hydroxylation is 1. The van der Waals surface area contributed by atoms with E-state index in [1.165, 1.54) is 5.38 Å². The number of halogens is 1. The number of benzene rings is 1. The Bertz CT molecular complexity index is 741. The molecule has 0 aliphatic carbocycles. The van der Waals surface area contributed by atoms with Crippen molar-refractivity contribution in [2.24, 2.45) is 0 Å². The fraction of sp³-hybridized carbons (Fsp3) is 0.167. The molecule has 2 rings (SSSR count). The number of aromatic carboxylic acids is 1. The summed E-state index contributed by atoms with van der Waals surface area (Å²) < 4.78 is 26.1. The van der Waals surface area contributed by atoms with Crippen molar-refractivity contribution >= 4 is 44.1 Å². The molecule has 6 nitrogen and oxygen atoms in total. The minimum Gasteiger partial charge on any atom is -0.476 e. The molecule has 21 heavy (non-hydrogen) atoms. The molecule has 0 spiro atoms. The van der Waals surface area contributed by atoms with E-state index in [2.05, 4.69) is 9.71 Å². The van der Waals surface area contributed by atoms with Gasteiger partial charge in [-0.3, -0.25) is 4.72 Å². The number of anilines is 1. The highest BCUT2D eigenvalue weighted by Crippen LogP contribution is 2.17. The zero-order valence-corrected chi connectivity index (χ0v) is 13.0. The molecule has 0 amide bonds. The van der Waals surface area contributed by atoms with Crippen LogP contribution in [-0.4, -0.2) is 30.2 Å². The second kappa shape index (κ2) is 6.42. The fourth-order valence-corrected chi connectivity index (χ4v) is 3.65. The molecule has 0 aliphatic heterocycles. The van der Waals surface area contributed by atoms with E-state index in [0.717, 1.165) is 16.9 Å². The van der Waals surface area contributed by atoms with E-state index < -0.39 is 16.0 Å². The Morgan fingerprint density at radius 1 is 1.33 bits per heavy atom. The van der Waals surface area contributed by atoms with Gasteiger partial charge >= 0.3 is 5.97 Å². The van der Waals surface area contributed by atoms with Gasteiger partial charge in [0.05, 0.1) is 5.75 Å². The van der Waals surface area contributed by atoms with E-state index in [1.807, 2.05) is 0 Å². The molecular weight excluding hydrogens is 336 g/mol. The van der Waals surface area contributed by atoms with Gasteiger partial charge in [-0.25, -0.2) is 18.2 Å². The molecule has 1 aromatic heterocycles. The molecule has 2 N–H and O–H groups in total. The van der Waals surface area contributed by atoms with Crippen LogP contribution < -0.4 is 4.72 Å². The largest absolute Gasteiger partial charge is 0.476 e. The monoisotopic (exact) mass is 346 g/mol. The van der Waals surface area contributed by atoms with E-state index in [1.54, 1.807) is 24.3 Å². The summed E-state index contributed by atoms with van der Waals surface area (Å²) in [5.41, 5.74) is 0.658. The Morgan fingerprint density at radius 3 is 2.57 bits per heavy atom. The van der Waals surface area contributed by atoms with Crippen molar-refractivity contribution in [3.05, 3.63) is 45.9 Å². The van der Waals surface area contributed by atoms with E-state index in [-0.39, 0.29) is 16.6 Å². The number of rotatable bonds is 6. The molecule has 0 atom stereocenters. The number of carboxylic acids is 1. The van der Waals surface area contributed by atoms with Crippen LogP contribution in [-0.2, 0) is 16.4 Å². The fourth-order valence-electron chi connectivity index (χ4n) is 1.51. The SMILES string of the molecule is O=C(O)c1csc(NS(=O)(=O)CCc2ccc(Cl)cc2)n1. The van der Waals surface area contributed by atoms with Crippen molar-refractivity contribution < 1.29 is 18.3 Å². The minimum absolute atomic E-state index is 0.0449. The maximum atomic E-state index is 11.9. The average molecular weight is 347 g/mol. The van der Waals surface area contributed by atoms with Gasteiger partial charge in [-0.1, -0.05) is 23.7 Å². The molecule has 112 valence electrons. The Labute approximate surface area is 130 Å². The predicted octanol–water partition coefficient (Wildman–Crippen LogP) is 2.48. The molecule has 0 fully saturated rings. The van der Waals surface area contributed by atoms with Gasteiger partial charge in [0.1, 0.15) is 0 Å². The Morgan fingerprint density at radius 2 is 2.00 bits per heavy atom. The van der Waals surface area contributed by atoms with Gasteiger partial charge in [0.15, 0.2) is 10.8 Å². The number of thiazole rings is 1. The second-order valence-corrected chi connectivity index (χ2v) is 7.28. The summed E-state index contributed by atoms with van der Waals surface area (Å²) in [6.07, 6.45) is 0.323. The van der Waals surface area contributed by atoms with Crippen molar-refractivity contribution in [2.45, 2.75) is 6.42 Å². The highest BCUT2D eigenvalue weighted by atomic mass is 35.5. The van der Waals surface area contributed by atoms with Crippen molar-refractivity contribution in [3.8, 4) is 0 Å². The van der Waals surface area contributed by atoms with E-state index in [0.29, 0.717) is 11.4 Å². The topological polar surface area (TPSA) is 96.4 Å². The first-order valence-electron chi connectivity index (χ1n) is 5.79. The Hall–Kier alpha value is -1.64. The summed E-state index contributed by atoms with van der Waals surface area (Å²) in [5.74, 6) is -1.32. The number of nitrogens with one attached hydrogen (secondary N) is 1. The standard InChI is InChI=1S/C12H11ClN2O4S2/c13-9-3-1-8(2-4-9)5-6-21(18,19)15-12-14-10(7-20-12)11(16)17/h1-4,7H,5-6H2,(H,14,15)(H,16,17). The zero-order valence-electron chi connectivity index (χ0n) is 10.6. The summed E-state index contributed by atoms with van der Waals surface area (Å²) in [4.78, 5) is 14.3. The van der Waals surface area contributed by atoms with Crippen molar-refractivity contribution in [3.63, 3.8) is 0 Å². The zero-order chi connectivity index (χ0) is 15.5. The quantitative estimate of drug-likeness (QED) is 0.837. The molecule has 1 aromatic carbocycles. The molecule has 0 unspecified atom stereocenters. The highest BCUT2D eigenvalue weighted by molar-refractivity contribution is 7.92. The first-order chi connectivity index (χ1) is 9.85. The van der Waals surface area contributed by atoms with Crippen LogP contribution >= 0.6 is 22.9 Å². The van der Waals surface area contributed by atoms with Gasteiger partial charge in [0.25, 0.3) is 0 Å². The third-order valence-electron chi connectivity index (χ3n) is 2.54. The van der Waals surface area contributed by atoms with E-state index >= 15 is 0 Å². The number of aromatic nitrogens is 1. The van der Waals surface area contributed by atoms with Crippen LogP contribution in [0.15, 0.2) is 29.6 Å². The maximum Gasteiger partial charge on any atom is 0.355 e. The number of hydrogen-bond acceptors (Lipinski definition) is 5. The third-order valence-corrected chi connectivity index (χ3v) is 4.92. The van der Waals surface area contributed by atoms with Crippen LogP contribution in [0.3, 0.4) is 0 Å². The number of sulfonamides is 1. The van der Waals surface area contributed by atoms with Gasteiger partial charge in [-0.15, -0.1) is 11.3 Å². The van der Waals surface area contributed by atoms with Crippen molar-refractivity contribution in [2.75, 3.05) is 10.5 Å². The molecule has 9 heteroatoms. The van der Waals surface area contributed by atoms with Crippen molar-refractivity contribution in [1.82, 2.24) is 4.98 Å². The van der Waals surface area contributed by atoms with Gasteiger partial charge < -0.3 is 5.11 Å². The average Bonchev–Trinajstić information content (AvgIpc) is 2.86.